The Morgan fingerprint density at radius 3 is 2.83 bits per heavy atom. The molecule has 2 fully saturated rings. The molecule has 6 heteroatoms. The van der Waals surface area contributed by atoms with Gasteiger partial charge in [0.25, 0.3) is 0 Å². The number of hydrogen-bond acceptors (Lipinski definition) is 3. The van der Waals surface area contributed by atoms with Crippen LogP contribution in [0.4, 0.5) is 0 Å². The monoisotopic (exact) mass is 395 g/mol. The number of nitrogens with zero attached hydrogens (tertiary/aromatic N) is 2. The quantitative estimate of drug-likeness (QED) is 0.519. The van der Waals surface area contributed by atoms with Gasteiger partial charge in [-0.3, -0.25) is 10.2 Å². The number of carbonyl (C=O) groups is 1. The lowest BCUT2D eigenvalue weighted by molar-refractivity contribution is -0.135. The van der Waals surface area contributed by atoms with Crippen LogP contribution in [0.15, 0.2) is 24.3 Å². The van der Waals surface area contributed by atoms with E-state index < -0.39 is 0 Å². The molecule has 1 aromatic carbocycles. The molecule has 1 amide bonds. The molecule has 3 heterocycles. The highest BCUT2D eigenvalue weighted by Crippen LogP contribution is 2.27. The fraction of sp³-hybridized carbons (Fsp3) is 0.565. The van der Waals surface area contributed by atoms with E-state index in [1.54, 1.807) is 0 Å². The molecule has 29 heavy (non-hydrogen) atoms. The van der Waals surface area contributed by atoms with Gasteiger partial charge in [0.1, 0.15) is 5.84 Å². The molecule has 2 aromatic rings. The highest BCUT2D eigenvalue weighted by molar-refractivity contribution is 5.98. The maximum absolute atomic E-state index is 13.0. The van der Waals surface area contributed by atoms with Crippen molar-refractivity contribution in [1.29, 1.82) is 5.41 Å². The van der Waals surface area contributed by atoms with Gasteiger partial charge in [0, 0.05) is 35.9 Å². The number of aromatic nitrogens is 1. The number of hydrogen-bond donors (Lipinski definition) is 3. The van der Waals surface area contributed by atoms with Gasteiger partial charge in [-0.05, 0) is 69.5 Å². The predicted molar refractivity (Wildman–Crippen MR) is 117 cm³/mol. The highest BCUT2D eigenvalue weighted by atomic mass is 16.2. The fourth-order valence-electron chi connectivity index (χ4n) is 5.06. The van der Waals surface area contributed by atoms with E-state index in [1.165, 1.54) is 17.5 Å². The number of fused-ring (bicyclic) bond motifs is 1. The zero-order valence-corrected chi connectivity index (χ0v) is 17.4. The molecule has 0 saturated carbocycles. The second-order valence-electron chi connectivity index (χ2n) is 8.44. The van der Waals surface area contributed by atoms with Crippen molar-refractivity contribution in [2.24, 2.45) is 5.73 Å². The lowest BCUT2D eigenvalue weighted by Crippen LogP contribution is -2.50. The Morgan fingerprint density at radius 2 is 2.10 bits per heavy atom. The summed E-state index contributed by atoms with van der Waals surface area (Å²) in [6, 6.07) is 8.63. The predicted octanol–water partition coefficient (Wildman–Crippen LogP) is 3.01. The van der Waals surface area contributed by atoms with Gasteiger partial charge in [0.15, 0.2) is 0 Å². The average Bonchev–Trinajstić information content (AvgIpc) is 3.35. The van der Waals surface area contributed by atoms with Crippen LogP contribution in [0.5, 0.6) is 0 Å². The van der Waals surface area contributed by atoms with Gasteiger partial charge in [-0.25, -0.2) is 0 Å². The first kappa shape index (κ1) is 20.0. The van der Waals surface area contributed by atoms with Crippen molar-refractivity contribution in [3.05, 3.63) is 35.5 Å². The normalized spacial score (nSPS) is 22.3. The molecule has 0 radical (unpaired) electrons. The van der Waals surface area contributed by atoms with Crippen molar-refractivity contribution < 1.29 is 4.79 Å². The van der Waals surface area contributed by atoms with E-state index >= 15 is 0 Å². The SMILES string of the molecule is CCn1c(CC[C@@H]2CCCN2C(=O)C2CCCCN2)cc2ccc(C(=N)N)cc21. The van der Waals surface area contributed by atoms with Gasteiger partial charge >= 0.3 is 0 Å². The number of aryl methyl sites for hydroxylation is 2. The summed E-state index contributed by atoms with van der Waals surface area (Å²) in [6.07, 6.45) is 7.51. The molecule has 2 atom stereocenters. The van der Waals surface area contributed by atoms with Gasteiger partial charge in [-0.15, -0.1) is 0 Å². The highest BCUT2D eigenvalue weighted by Gasteiger charge is 2.33. The molecule has 1 unspecified atom stereocenters. The number of piperidine rings is 1. The summed E-state index contributed by atoms with van der Waals surface area (Å²) in [5.41, 5.74) is 8.89. The van der Waals surface area contributed by atoms with Crippen molar-refractivity contribution in [2.45, 2.75) is 70.5 Å². The number of carbonyl (C=O) groups excluding carboxylic acids is 1. The molecule has 1 aromatic heterocycles. The van der Waals surface area contributed by atoms with Crippen LogP contribution < -0.4 is 11.1 Å². The van der Waals surface area contributed by atoms with E-state index in [-0.39, 0.29) is 11.9 Å². The summed E-state index contributed by atoms with van der Waals surface area (Å²) < 4.78 is 2.32. The molecular formula is C23H33N5O. The number of likely N-dealkylation sites (tertiary alicyclic amines) is 1. The van der Waals surface area contributed by atoms with Gasteiger partial charge in [-0.1, -0.05) is 18.6 Å². The van der Waals surface area contributed by atoms with Crippen LogP contribution in [0.1, 0.15) is 56.7 Å². The van der Waals surface area contributed by atoms with E-state index in [2.05, 4.69) is 33.8 Å². The first-order chi connectivity index (χ1) is 14.1. The van der Waals surface area contributed by atoms with Crippen molar-refractivity contribution in [3.8, 4) is 0 Å². The van der Waals surface area contributed by atoms with Crippen LogP contribution in [-0.2, 0) is 17.8 Å². The van der Waals surface area contributed by atoms with Crippen molar-refractivity contribution >= 4 is 22.6 Å². The second kappa shape index (κ2) is 8.57. The first-order valence-corrected chi connectivity index (χ1v) is 11.1. The first-order valence-electron chi connectivity index (χ1n) is 11.1. The smallest absolute Gasteiger partial charge is 0.239 e. The maximum atomic E-state index is 13.0. The summed E-state index contributed by atoms with van der Waals surface area (Å²) in [7, 11) is 0. The average molecular weight is 396 g/mol. The lowest BCUT2D eigenvalue weighted by Gasteiger charge is -2.31. The Labute approximate surface area is 172 Å². The molecule has 0 spiro atoms. The largest absolute Gasteiger partial charge is 0.384 e. The van der Waals surface area contributed by atoms with Gasteiger partial charge in [-0.2, -0.15) is 0 Å². The zero-order valence-electron chi connectivity index (χ0n) is 17.4. The minimum Gasteiger partial charge on any atom is -0.384 e. The lowest BCUT2D eigenvalue weighted by atomic mass is 10.0. The maximum Gasteiger partial charge on any atom is 0.239 e. The molecule has 4 N–H and O–H groups in total. The Morgan fingerprint density at radius 1 is 1.24 bits per heavy atom. The Hall–Kier alpha value is -2.34. The number of nitrogen functional groups attached to an aromatic ring is 1. The van der Waals surface area contributed by atoms with Crippen molar-refractivity contribution in [1.82, 2.24) is 14.8 Å². The Balaban J connectivity index is 1.48. The van der Waals surface area contributed by atoms with E-state index in [4.69, 9.17) is 11.1 Å². The molecule has 156 valence electrons. The third-order valence-corrected chi connectivity index (χ3v) is 6.62. The molecule has 4 rings (SSSR count). The number of nitrogens with one attached hydrogen (secondary N) is 2. The van der Waals surface area contributed by atoms with E-state index in [0.717, 1.165) is 69.2 Å². The number of amidine groups is 1. The minimum atomic E-state index is 0.0245. The van der Waals surface area contributed by atoms with Crippen LogP contribution in [0.2, 0.25) is 0 Å². The molecule has 2 saturated heterocycles. The van der Waals surface area contributed by atoms with Crippen molar-refractivity contribution in [2.75, 3.05) is 13.1 Å². The van der Waals surface area contributed by atoms with Crippen LogP contribution in [-0.4, -0.2) is 46.4 Å². The number of rotatable bonds is 6. The summed E-state index contributed by atoms with van der Waals surface area (Å²) in [5, 5.41) is 12.3. The third kappa shape index (κ3) is 4.04. The fourth-order valence-corrected chi connectivity index (χ4v) is 5.06. The summed E-state index contributed by atoms with van der Waals surface area (Å²) in [4.78, 5) is 15.2. The Bertz CT molecular complexity index is 896. The molecule has 6 nitrogen and oxygen atoms in total. The molecule has 0 aliphatic carbocycles. The molecular weight excluding hydrogens is 362 g/mol. The van der Waals surface area contributed by atoms with Gasteiger partial charge in [0.2, 0.25) is 5.91 Å². The molecule has 2 aliphatic rings. The van der Waals surface area contributed by atoms with Gasteiger partial charge < -0.3 is 20.5 Å². The molecule has 0 bridgehead atoms. The summed E-state index contributed by atoms with van der Waals surface area (Å²) in [5.74, 6) is 0.420. The third-order valence-electron chi connectivity index (χ3n) is 6.62. The summed E-state index contributed by atoms with van der Waals surface area (Å²) in [6.45, 7) is 4.91. The van der Waals surface area contributed by atoms with Crippen LogP contribution >= 0.6 is 0 Å². The second-order valence-corrected chi connectivity index (χ2v) is 8.44. The van der Waals surface area contributed by atoms with Gasteiger partial charge in [0.05, 0.1) is 6.04 Å². The number of nitrogens with two attached hydrogens (primary N) is 1. The summed E-state index contributed by atoms with van der Waals surface area (Å²) >= 11 is 0. The number of benzene rings is 1. The van der Waals surface area contributed by atoms with E-state index in [0.29, 0.717) is 11.9 Å². The van der Waals surface area contributed by atoms with Crippen LogP contribution in [0.25, 0.3) is 10.9 Å². The number of amides is 1. The topological polar surface area (TPSA) is 87.1 Å². The molecule has 2 aliphatic heterocycles. The van der Waals surface area contributed by atoms with Crippen molar-refractivity contribution in [3.63, 3.8) is 0 Å². The van der Waals surface area contributed by atoms with Crippen LogP contribution in [0.3, 0.4) is 0 Å². The van der Waals surface area contributed by atoms with E-state index in [9.17, 15) is 4.79 Å². The van der Waals surface area contributed by atoms with E-state index in [1.807, 2.05) is 12.1 Å². The zero-order chi connectivity index (χ0) is 20.4. The van der Waals surface area contributed by atoms with Crippen LogP contribution in [0, 0.1) is 5.41 Å². The minimum absolute atomic E-state index is 0.0245. The Kier molecular flexibility index (Phi) is 5.90. The standard InChI is InChI=1S/C23H33N5O/c1-2-27-19(14-16-8-9-17(22(24)25)15-21(16)27)11-10-18-6-5-13-28(18)23(29)20-7-3-4-12-26-20/h8-9,14-15,18,20,26H,2-7,10-13H2,1H3,(H3,24,25)/t18-,20?/m0/s1.